The highest BCUT2D eigenvalue weighted by Crippen LogP contribution is 2.28. The fourth-order valence-corrected chi connectivity index (χ4v) is 4.04. The smallest absolute Gasteiger partial charge is 0.357 e. The summed E-state index contributed by atoms with van der Waals surface area (Å²) in [5.74, 6) is -0.577. The Kier molecular flexibility index (Phi) is 6.26. The van der Waals surface area contributed by atoms with Gasteiger partial charge in [-0.3, -0.25) is 4.79 Å². The molecule has 3 aromatic rings. The molecule has 3 rings (SSSR count). The number of rotatable bonds is 7. The average Bonchev–Trinajstić information content (AvgIpc) is 3.32. The molecule has 0 aliphatic heterocycles. The van der Waals surface area contributed by atoms with Gasteiger partial charge in [0.05, 0.1) is 7.11 Å². The van der Waals surface area contributed by atoms with Crippen molar-refractivity contribution in [3.63, 3.8) is 0 Å². The Morgan fingerprint density at radius 1 is 1.14 bits per heavy atom. The quantitative estimate of drug-likeness (QED) is 0.608. The zero-order valence-electron chi connectivity index (χ0n) is 16.1. The standard InChI is InChI=1S/C21H23N3O3S/c1-14(2)18(24-11-7-8-12-24)19(25)23-21-22-17(20(26)27-3)16(28-21)13-15-9-5-4-6-10-15/h4-12,14,18H,13H2,1-3H3,(H,22,23,25). The number of hydrogen-bond donors (Lipinski definition) is 1. The molecule has 6 nitrogen and oxygen atoms in total. The second-order valence-electron chi connectivity index (χ2n) is 6.75. The van der Waals surface area contributed by atoms with Crippen LogP contribution < -0.4 is 5.32 Å². The molecule has 7 heteroatoms. The summed E-state index contributed by atoms with van der Waals surface area (Å²) in [6.07, 6.45) is 4.28. The van der Waals surface area contributed by atoms with Crippen molar-refractivity contribution in [3.05, 3.63) is 71.0 Å². The summed E-state index contributed by atoms with van der Waals surface area (Å²) >= 11 is 1.30. The number of ether oxygens (including phenoxy) is 1. The van der Waals surface area contributed by atoms with Gasteiger partial charge in [0.15, 0.2) is 10.8 Å². The van der Waals surface area contributed by atoms with Crippen molar-refractivity contribution >= 4 is 28.3 Å². The molecule has 0 radical (unpaired) electrons. The maximum atomic E-state index is 12.9. The Morgan fingerprint density at radius 3 is 2.43 bits per heavy atom. The van der Waals surface area contributed by atoms with Crippen molar-refractivity contribution in [2.75, 3.05) is 12.4 Å². The Morgan fingerprint density at radius 2 is 1.82 bits per heavy atom. The van der Waals surface area contributed by atoms with E-state index in [1.165, 1.54) is 18.4 Å². The molecule has 1 aromatic carbocycles. The first-order valence-electron chi connectivity index (χ1n) is 9.05. The van der Waals surface area contributed by atoms with Crippen molar-refractivity contribution in [1.82, 2.24) is 9.55 Å². The van der Waals surface area contributed by atoms with Crippen molar-refractivity contribution in [1.29, 1.82) is 0 Å². The van der Waals surface area contributed by atoms with Crippen LogP contribution in [0.25, 0.3) is 0 Å². The van der Waals surface area contributed by atoms with E-state index in [1.54, 1.807) is 0 Å². The van der Waals surface area contributed by atoms with Crippen molar-refractivity contribution < 1.29 is 14.3 Å². The lowest BCUT2D eigenvalue weighted by molar-refractivity contribution is -0.120. The zero-order valence-corrected chi connectivity index (χ0v) is 16.9. The van der Waals surface area contributed by atoms with Crippen molar-refractivity contribution in [2.45, 2.75) is 26.3 Å². The van der Waals surface area contributed by atoms with Gasteiger partial charge in [0.25, 0.3) is 0 Å². The number of carbonyl (C=O) groups is 2. The summed E-state index contributed by atoms with van der Waals surface area (Å²) < 4.78 is 6.74. The van der Waals surface area contributed by atoms with Crippen LogP contribution >= 0.6 is 11.3 Å². The Labute approximate surface area is 168 Å². The predicted molar refractivity (Wildman–Crippen MR) is 110 cm³/mol. The van der Waals surface area contributed by atoms with Crippen LogP contribution in [-0.2, 0) is 16.0 Å². The van der Waals surface area contributed by atoms with Crippen LogP contribution in [0, 0.1) is 5.92 Å². The number of benzene rings is 1. The predicted octanol–water partition coefficient (Wildman–Crippen LogP) is 4.16. The van der Waals surface area contributed by atoms with E-state index in [0.717, 1.165) is 10.4 Å². The minimum Gasteiger partial charge on any atom is -0.464 e. The Bertz CT molecular complexity index is 933. The summed E-state index contributed by atoms with van der Waals surface area (Å²) in [6.45, 7) is 3.99. The molecule has 2 heterocycles. The van der Waals surface area contributed by atoms with Crippen LogP contribution in [0.2, 0.25) is 0 Å². The van der Waals surface area contributed by atoms with E-state index < -0.39 is 5.97 Å². The number of hydrogen-bond acceptors (Lipinski definition) is 5. The number of thiazole rings is 1. The Balaban J connectivity index is 1.85. The van der Waals surface area contributed by atoms with Gasteiger partial charge in [-0.1, -0.05) is 44.2 Å². The molecule has 2 aromatic heterocycles. The molecule has 0 bridgehead atoms. The summed E-state index contributed by atoms with van der Waals surface area (Å²) in [6, 6.07) is 13.2. The minimum absolute atomic E-state index is 0.0937. The molecule has 0 aliphatic rings. The molecule has 0 saturated heterocycles. The highest BCUT2D eigenvalue weighted by molar-refractivity contribution is 7.16. The largest absolute Gasteiger partial charge is 0.464 e. The van der Waals surface area contributed by atoms with Crippen molar-refractivity contribution in [2.24, 2.45) is 5.92 Å². The topological polar surface area (TPSA) is 73.2 Å². The lowest BCUT2D eigenvalue weighted by atomic mass is 10.0. The van der Waals surface area contributed by atoms with Gasteiger partial charge >= 0.3 is 5.97 Å². The molecular formula is C21H23N3O3S. The lowest BCUT2D eigenvalue weighted by Gasteiger charge is -2.21. The Hall–Kier alpha value is -2.93. The molecule has 0 aliphatic carbocycles. The number of nitrogens with zero attached hydrogens (tertiary/aromatic N) is 2. The maximum Gasteiger partial charge on any atom is 0.357 e. The summed E-state index contributed by atoms with van der Waals surface area (Å²) in [4.78, 5) is 30.1. The van der Waals surface area contributed by atoms with E-state index in [-0.39, 0.29) is 23.6 Å². The zero-order chi connectivity index (χ0) is 20.1. The number of esters is 1. The fourth-order valence-electron chi connectivity index (χ4n) is 3.06. The number of nitrogens with one attached hydrogen (secondary N) is 1. The highest BCUT2D eigenvalue weighted by atomic mass is 32.1. The van der Waals surface area contributed by atoms with Gasteiger partial charge in [-0.05, 0) is 23.6 Å². The highest BCUT2D eigenvalue weighted by Gasteiger charge is 2.26. The second kappa shape index (κ2) is 8.84. The van der Waals surface area contributed by atoms with Gasteiger partial charge in [-0.15, -0.1) is 11.3 Å². The minimum atomic E-state index is -0.506. The number of amides is 1. The number of methoxy groups -OCH3 is 1. The van der Waals surface area contributed by atoms with Crippen LogP contribution in [0.15, 0.2) is 54.9 Å². The molecule has 0 fully saturated rings. The van der Waals surface area contributed by atoms with E-state index in [9.17, 15) is 9.59 Å². The number of anilines is 1. The lowest BCUT2D eigenvalue weighted by Crippen LogP contribution is -2.29. The third-order valence-electron chi connectivity index (χ3n) is 4.36. The number of aromatic nitrogens is 2. The van der Waals surface area contributed by atoms with Gasteiger partial charge in [-0.2, -0.15) is 0 Å². The van der Waals surface area contributed by atoms with Gasteiger partial charge in [0.1, 0.15) is 6.04 Å². The molecule has 1 N–H and O–H groups in total. The van der Waals surface area contributed by atoms with Crippen LogP contribution in [0.4, 0.5) is 5.13 Å². The van der Waals surface area contributed by atoms with Crippen molar-refractivity contribution in [3.8, 4) is 0 Å². The molecule has 1 amide bonds. The van der Waals surface area contributed by atoms with E-state index in [2.05, 4.69) is 10.3 Å². The van der Waals surface area contributed by atoms with Crippen LogP contribution in [-0.4, -0.2) is 28.5 Å². The number of carbonyl (C=O) groups excluding carboxylic acids is 2. The molecule has 0 saturated carbocycles. The third kappa shape index (κ3) is 4.48. The summed E-state index contributed by atoms with van der Waals surface area (Å²) in [5.41, 5.74) is 1.30. The molecule has 28 heavy (non-hydrogen) atoms. The summed E-state index contributed by atoms with van der Waals surface area (Å²) in [5, 5.41) is 3.27. The van der Waals surface area contributed by atoms with Gasteiger partial charge in [0, 0.05) is 23.7 Å². The van der Waals surface area contributed by atoms with Gasteiger partial charge in [0.2, 0.25) is 5.91 Å². The first-order valence-corrected chi connectivity index (χ1v) is 9.86. The molecule has 1 unspecified atom stereocenters. The van der Waals surface area contributed by atoms with E-state index in [4.69, 9.17) is 4.74 Å². The molecule has 0 spiro atoms. The van der Waals surface area contributed by atoms with E-state index in [0.29, 0.717) is 11.6 Å². The maximum absolute atomic E-state index is 12.9. The van der Waals surface area contributed by atoms with Crippen LogP contribution in [0.1, 0.15) is 40.8 Å². The van der Waals surface area contributed by atoms with E-state index >= 15 is 0 Å². The third-order valence-corrected chi connectivity index (χ3v) is 5.33. The van der Waals surface area contributed by atoms with Crippen LogP contribution in [0.5, 0.6) is 0 Å². The second-order valence-corrected chi connectivity index (χ2v) is 7.84. The monoisotopic (exact) mass is 397 g/mol. The summed E-state index contributed by atoms with van der Waals surface area (Å²) in [7, 11) is 1.33. The first-order chi connectivity index (χ1) is 13.5. The first kappa shape index (κ1) is 19.8. The average molecular weight is 398 g/mol. The molecular weight excluding hydrogens is 374 g/mol. The normalized spacial score (nSPS) is 12.0. The molecule has 146 valence electrons. The SMILES string of the molecule is COC(=O)c1nc(NC(=O)C(C(C)C)n2cccc2)sc1Cc1ccccc1. The van der Waals surface area contributed by atoms with Crippen LogP contribution in [0.3, 0.4) is 0 Å². The molecule has 1 atom stereocenters. The van der Waals surface area contributed by atoms with Gasteiger partial charge < -0.3 is 14.6 Å². The van der Waals surface area contributed by atoms with Gasteiger partial charge in [-0.25, -0.2) is 9.78 Å². The van der Waals surface area contributed by atoms with E-state index in [1.807, 2.05) is 73.3 Å². The fraction of sp³-hybridized carbons (Fsp3) is 0.286.